The van der Waals surface area contributed by atoms with Gasteiger partial charge in [0, 0.05) is 24.8 Å². The van der Waals surface area contributed by atoms with Crippen LogP contribution >= 0.6 is 0 Å². The number of phenols is 1. The van der Waals surface area contributed by atoms with Crippen LogP contribution < -0.4 is 20.5 Å². The highest BCUT2D eigenvalue weighted by Gasteiger charge is 2.34. The number of halogens is 3. The normalized spacial score (nSPS) is 12.2. The number of H-pyrrole nitrogens is 1. The number of carbonyl (C=O) groups is 1. The van der Waals surface area contributed by atoms with Crippen LogP contribution in [0.15, 0.2) is 65.2 Å². The predicted octanol–water partition coefficient (Wildman–Crippen LogP) is 2.58. The highest BCUT2D eigenvalue weighted by molar-refractivity contribution is 7.85. The Morgan fingerprint density at radius 2 is 1.55 bits per heavy atom. The summed E-state index contributed by atoms with van der Waals surface area (Å²) in [6.45, 7) is 0.911. The summed E-state index contributed by atoms with van der Waals surface area (Å²) >= 11 is 0. The van der Waals surface area contributed by atoms with Crippen molar-refractivity contribution in [3.63, 3.8) is 0 Å². The number of rotatable bonds is 12. The van der Waals surface area contributed by atoms with Crippen molar-refractivity contribution in [2.45, 2.75) is 12.3 Å². The third-order valence-electron chi connectivity index (χ3n) is 5.45. The van der Waals surface area contributed by atoms with Crippen LogP contribution in [-0.2, 0) is 26.4 Å². The maximum absolute atomic E-state index is 12.8. The van der Waals surface area contributed by atoms with E-state index in [1.807, 2.05) is 0 Å². The number of aliphatic hydroxyl groups is 1. The van der Waals surface area contributed by atoms with Crippen molar-refractivity contribution < 1.29 is 68.0 Å². The van der Waals surface area contributed by atoms with Crippen LogP contribution in [0.2, 0.25) is 0 Å². The number of benzene rings is 2. The summed E-state index contributed by atoms with van der Waals surface area (Å²) in [7, 11) is -7.33. The molecule has 2 heterocycles. The van der Waals surface area contributed by atoms with E-state index in [1.54, 1.807) is 30.3 Å². The first-order chi connectivity index (χ1) is 22.6. The molecule has 4 rings (SSSR count). The van der Waals surface area contributed by atoms with E-state index in [-0.39, 0.29) is 42.7 Å². The second-order valence-corrected chi connectivity index (χ2v) is 12.8. The molecule has 270 valence electrons. The van der Waals surface area contributed by atoms with Gasteiger partial charge in [-0.3, -0.25) is 13.9 Å². The molecule has 0 aliphatic rings. The van der Waals surface area contributed by atoms with E-state index in [2.05, 4.69) is 15.3 Å². The summed E-state index contributed by atoms with van der Waals surface area (Å²) in [4.78, 5) is 17.2. The number of aliphatic hydroxyl groups excluding tert-OH is 1. The highest BCUT2D eigenvalue weighted by atomic mass is 32.2. The molecule has 0 saturated carbocycles. The molecule has 1 atom stereocenters. The molecular weight excluding hydrogens is 705 g/mol. The van der Waals surface area contributed by atoms with Crippen LogP contribution in [0.5, 0.6) is 17.2 Å². The number of hydrogen-bond donors (Lipinski definition) is 7. The fourth-order valence-electron chi connectivity index (χ4n) is 3.49. The number of hydrogen-bond acceptors (Lipinski definition) is 12. The lowest BCUT2D eigenvalue weighted by Gasteiger charge is -2.14. The summed E-state index contributed by atoms with van der Waals surface area (Å²) in [5.41, 5.74) is 4.80. The maximum Gasteiger partial charge on any atom is 0.434 e. The Kier molecular flexibility index (Phi) is 14.6. The lowest BCUT2D eigenvalue weighted by atomic mass is 10.2. The zero-order valence-electron chi connectivity index (χ0n) is 25.7. The summed E-state index contributed by atoms with van der Waals surface area (Å²) in [5, 5.41) is 22.8. The molecule has 2 aromatic carbocycles. The molecule has 0 aliphatic heterocycles. The van der Waals surface area contributed by atoms with Gasteiger partial charge in [-0.15, -0.1) is 0 Å². The predicted molar refractivity (Wildman–Crippen MR) is 168 cm³/mol. The van der Waals surface area contributed by atoms with E-state index in [0.29, 0.717) is 41.9 Å². The minimum Gasteiger partial charge on any atom is -0.507 e. The number of ether oxygens (including phenoxy) is 2. The molecule has 0 saturated heterocycles. The van der Waals surface area contributed by atoms with Gasteiger partial charge >= 0.3 is 6.18 Å². The first kappa shape index (κ1) is 40.5. The van der Waals surface area contributed by atoms with E-state index in [9.17, 15) is 45.0 Å². The van der Waals surface area contributed by atoms with Crippen LogP contribution in [0, 0.1) is 0 Å². The Morgan fingerprint density at radius 1 is 0.980 bits per heavy atom. The van der Waals surface area contributed by atoms with E-state index in [4.69, 9.17) is 28.7 Å². The number of aromatic nitrogens is 2. The molecule has 4 aromatic rings. The topological polar surface area (TPSA) is 265 Å². The minimum atomic E-state index is -4.55. The average molecular weight is 739 g/mol. The monoisotopic (exact) mass is 738 g/mol. The number of primary amides is 1. The number of aromatic amines is 1. The Bertz CT molecular complexity index is 1830. The Morgan fingerprint density at radius 3 is 2.10 bits per heavy atom. The summed E-state index contributed by atoms with van der Waals surface area (Å²) in [6, 6.07) is 14.1. The number of aromatic hydroxyl groups is 1. The molecule has 1 amide bonds. The van der Waals surface area contributed by atoms with Crippen molar-refractivity contribution in [2.24, 2.45) is 5.73 Å². The number of imidazole rings is 1. The lowest BCUT2D eigenvalue weighted by Crippen LogP contribution is -2.33. The van der Waals surface area contributed by atoms with E-state index in [1.165, 1.54) is 24.3 Å². The summed E-state index contributed by atoms with van der Waals surface area (Å²) < 4.78 is 107. The van der Waals surface area contributed by atoms with Gasteiger partial charge in [0.1, 0.15) is 42.3 Å². The molecule has 0 fully saturated rings. The van der Waals surface area contributed by atoms with Gasteiger partial charge in [0.25, 0.3) is 26.1 Å². The van der Waals surface area contributed by atoms with Gasteiger partial charge in [-0.2, -0.15) is 30.0 Å². The van der Waals surface area contributed by atoms with Gasteiger partial charge in [-0.05, 0) is 54.6 Å². The van der Waals surface area contributed by atoms with Crippen LogP contribution in [-0.4, -0.2) is 96.9 Å². The standard InChI is InChI=1S/C26H25F3N4O6.2CH4O3S/c27-26(28,29)23-13-32-25(33-23)22-8-7-21(39-22)15-1-3-17(4-2-15)38-14-16(34)12-31-9-10-37-18-5-6-20(35)19(11-18)24(30)36;2*1-5(2,3)4/h1-8,11,13,16,31,34-35H,9-10,12,14H2,(H2,30,36)(H,32,33);2*1H3,(H,2,3,4). The molecule has 2 aromatic heterocycles. The molecule has 0 radical (unpaired) electrons. The molecule has 0 bridgehead atoms. The Hall–Kier alpha value is -4.67. The molecule has 0 spiro atoms. The maximum atomic E-state index is 12.8. The third kappa shape index (κ3) is 16.3. The molecular formula is C28H33F3N4O12S2. The van der Waals surface area contributed by atoms with Crippen LogP contribution in [0.25, 0.3) is 22.9 Å². The number of nitrogens with zero attached hydrogens (tertiary/aromatic N) is 1. The summed E-state index contributed by atoms with van der Waals surface area (Å²) in [5.74, 6) is 0.466. The number of alkyl halides is 3. The number of furan rings is 1. The van der Waals surface area contributed by atoms with E-state index >= 15 is 0 Å². The van der Waals surface area contributed by atoms with Crippen LogP contribution in [0.4, 0.5) is 13.2 Å². The van der Waals surface area contributed by atoms with Crippen molar-refractivity contribution in [1.82, 2.24) is 15.3 Å². The molecule has 49 heavy (non-hydrogen) atoms. The first-order valence-electron chi connectivity index (χ1n) is 13.6. The lowest BCUT2D eigenvalue weighted by molar-refractivity contribution is -0.140. The fourth-order valence-corrected chi connectivity index (χ4v) is 3.49. The molecule has 21 heteroatoms. The first-order valence-corrected chi connectivity index (χ1v) is 17.2. The summed E-state index contributed by atoms with van der Waals surface area (Å²) in [6.07, 6.45) is -3.14. The average Bonchev–Trinajstić information content (AvgIpc) is 3.66. The fraction of sp³-hybridized carbons (Fsp3) is 0.286. The van der Waals surface area contributed by atoms with Gasteiger partial charge in [0.2, 0.25) is 0 Å². The van der Waals surface area contributed by atoms with E-state index < -0.39 is 44.1 Å². The zero-order valence-corrected chi connectivity index (χ0v) is 27.3. The van der Waals surface area contributed by atoms with Gasteiger partial charge in [-0.1, -0.05) is 0 Å². The van der Waals surface area contributed by atoms with Crippen molar-refractivity contribution in [1.29, 1.82) is 0 Å². The molecule has 8 N–H and O–H groups in total. The van der Waals surface area contributed by atoms with Gasteiger partial charge in [-0.25, -0.2) is 4.98 Å². The SMILES string of the molecule is CS(=O)(=O)O.CS(=O)(=O)O.NC(=O)c1cc(OCCNCC(O)COc2ccc(-c3ccc(-c4nc(C(F)(F)F)c[nH]4)o3)cc2)ccc1O. The van der Waals surface area contributed by atoms with Crippen molar-refractivity contribution in [2.75, 3.05) is 38.8 Å². The molecule has 1 unspecified atom stereocenters. The minimum absolute atomic E-state index is 0.0259. The second-order valence-electron chi connectivity index (χ2n) is 9.85. The largest absolute Gasteiger partial charge is 0.507 e. The highest BCUT2D eigenvalue weighted by Crippen LogP contribution is 2.32. The van der Waals surface area contributed by atoms with Gasteiger partial charge < -0.3 is 40.1 Å². The smallest absolute Gasteiger partial charge is 0.434 e. The van der Waals surface area contributed by atoms with Crippen molar-refractivity contribution >= 4 is 26.1 Å². The quantitative estimate of drug-likeness (QED) is 0.0814. The van der Waals surface area contributed by atoms with Gasteiger partial charge in [0.15, 0.2) is 17.3 Å². The van der Waals surface area contributed by atoms with E-state index in [0.717, 1.165) is 6.20 Å². The van der Waals surface area contributed by atoms with Crippen molar-refractivity contribution in [3.05, 3.63) is 72.1 Å². The number of nitrogens with one attached hydrogen (secondary N) is 2. The second kappa shape index (κ2) is 17.6. The number of amides is 1. The molecule has 0 aliphatic carbocycles. The molecule has 16 nitrogen and oxygen atoms in total. The van der Waals surface area contributed by atoms with Crippen LogP contribution in [0.1, 0.15) is 16.1 Å². The van der Waals surface area contributed by atoms with Crippen LogP contribution in [0.3, 0.4) is 0 Å². The third-order valence-corrected chi connectivity index (χ3v) is 5.45. The Labute approximate surface area is 278 Å². The Balaban J connectivity index is 0.000000730. The van der Waals surface area contributed by atoms with Gasteiger partial charge in [0.05, 0.1) is 18.1 Å². The van der Waals surface area contributed by atoms with Crippen molar-refractivity contribution in [3.8, 4) is 40.2 Å². The zero-order chi connectivity index (χ0) is 37.0. The number of nitrogens with two attached hydrogens (primary N) is 1. The number of carbonyl (C=O) groups excluding carboxylic acids is 1.